The Bertz CT molecular complexity index is 2280. The zero-order valence-corrected chi connectivity index (χ0v) is 25.5. The molecule has 0 spiro atoms. The topological polar surface area (TPSA) is 16.4 Å². The van der Waals surface area contributed by atoms with E-state index in [2.05, 4.69) is 182 Å². The molecule has 218 valence electrons. The van der Waals surface area contributed by atoms with Crippen molar-refractivity contribution < 1.29 is 4.42 Å². The minimum Gasteiger partial charge on any atom is -0.456 e. The molecule has 2 heteroatoms. The van der Waals surface area contributed by atoms with Crippen LogP contribution in [-0.2, 0) is 5.41 Å². The van der Waals surface area contributed by atoms with E-state index in [4.69, 9.17) is 4.42 Å². The van der Waals surface area contributed by atoms with Crippen LogP contribution in [-0.4, -0.2) is 0 Å². The van der Waals surface area contributed by atoms with Crippen LogP contribution in [0.5, 0.6) is 0 Å². The van der Waals surface area contributed by atoms with E-state index >= 15 is 0 Å². The van der Waals surface area contributed by atoms with Crippen LogP contribution in [0, 0.1) is 0 Å². The van der Waals surface area contributed by atoms with Gasteiger partial charge < -0.3 is 9.32 Å². The lowest BCUT2D eigenvalue weighted by Crippen LogP contribution is -2.22. The number of anilines is 3. The third-order valence-electron chi connectivity index (χ3n) is 9.76. The number of rotatable bonds is 5. The van der Waals surface area contributed by atoms with Crippen molar-refractivity contribution in [3.8, 4) is 22.3 Å². The van der Waals surface area contributed by atoms with Crippen LogP contribution in [0.4, 0.5) is 17.1 Å². The molecule has 0 radical (unpaired) electrons. The minimum absolute atomic E-state index is 0.248. The molecule has 0 saturated carbocycles. The van der Waals surface area contributed by atoms with Crippen LogP contribution in [0.2, 0.25) is 0 Å². The number of fused-ring (bicyclic) bond motifs is 6. The van der Waals surface area contributed by atoms with Gasteiger partial charge in [-0.25, -0.2) is 0 Å². The van der Waals surface area contributed by atoms with E-state index in [0.29, 0.717) is 0 Å². The van der Waals surface area contributed by atoms with E-state index in [1.807, 2.05) is 0 Å². The van der Waals surface area contributed by atoms with E-state index in [-0.39, 0.29) is 5.41 Å². The van der Waals surface area contributed by atoms with Gasteiger partial charge in [0.15, 0.2) is 0 Å². The van der Waals surface area contributed by atoms with Crippen molar-refractivity contribution in [2.24, 2.45) is 0 Å². The summed E-state index contributed by atoms with van der Waals surface area (Å²) >= 11 is 0. The summed E-state index contributed by atoms with van der Waals surface area (Å²) in [5, 5.41) is 2.28. The molecule has 2 nitrogen and oxygen atoms in total. The van der Waals surface area contributed by atoms with Crippen molar-refractivity contribution in [3.05, 3.63) is 187 Å². The first kappa shape index (κ1) is 26.5. The molecule has 0 fully saturated rings. The molecule has 0 aliphatic heterocycles. The minimum atomic E-state index is -0.248. The second kappa shape index (κ2) is 10.4. The summed E-state index contributed by atoms with van der Waals surface area (Å²) in [6, 6.07) is 60.9. The van der Waals surface area contributed by atoms with Crippen LogP contribution in [0.15, 0.2) is 174 Å². The predicted molar refractivity (Wildman–Crippen MR) is 191 cm³/mol. The Morgan fingerprint density at radius 3 is 1.52 bits per heavy atom. The van der Waals surface area contributed by atoms with Crippen LogP contribution in [0.1, 0.15) is 23.6 Å². The summed E-state index contributed by atoms with van der Waals surface area (Å²) in [7, 11) is 0. The van der Waals surface area contributed by atoms with Gasteiger partial charge in [-0.05, 0) is 107 Å². The second-order valence-electron chi connectivity index (χ2n) is 12.3. The first-order valence-corrected chi connectivity index (χ1v) is 15.9. The van der Waals surface area contributed by atoms with Gasteiger partial charge in [0.2, 0.25) is 0 Å². The lowest BCUT2D eigenvalue weighted by molar-refractivity contribution is 0.667. The van der Waals surface area contributed by atoms with Gasteiger partial charge in [0.25, 0.3) is 0 Å². The molecule has 8 aromatic rings. The lowest BCUT2D eigenvalue weighted by atomic mass is 9.74. The molecular weight excluding hydrogens is 558 g/mol. The molecule has 0 atom stereocenters. The molecule has 1 aliphatic carbocycles. The number of furan rings is 1. The summed E-state index contributed by atoms with van der Waals surface area (Å²) < 4.78 is 6.37. The molecular formula is C44H31NO. The van der Waals surface area contributed by atoms with E-state index in [0.717, 1.165) is 39.0 Å². The van der Waals surface area contributed by atoms with E-state index in [9.17, 15) is 0 Å². The van der Waals surface area contributed by atoms with Crippen molar-refractivity contribution in [1.29, 1.82) is 0 Å². The smallest absolute Gasteiger partial charge is 0.135 e. The van der Waals surface area contributed by atoms with E-state index in [1.54, 1.807) is 0 Å². The molecule has 0 N–H and O–H groups in total. The molecule has 0 amide bonds. The summed E-state index contributed by atoms with van der Waals surface area (Å²) in [6.07, 6.45) is 0. The number of para-hydroxylation sites is 2. The monoisotopic (exact) mass is 589 g/mol. The fraction of sp³-hybridized carbons (Fsp3) is 0.0455. The molecule has 1 aromatic heterocycles. The maximum absolute atomic E-state index is 6.37. The van der Waals surface area contributed by atoms with Gasteiger partial charge in [-0.3, -0.25) is 0 Å². The highest BCUT2D eigenvalue weighted by Gasteiger charge is 2.40. The zero-order chi connectivity index (χ0) is 30.7. The van der Waals surface area contributed by atoms with Crippen LogP contribution in [0.25, 0.3) is 44.2 Å². The molecule has 0 saturated heterocycles. The Labute approximate surface area is 268 Å². The van der Waals surface area contributed by atoms with Gasteiger partial charge in [-0.1, -0.05) is 109 Å². The fourth-order valence-electron chi connectivity index (χ4n) is 7.44. The summed E-state index contributed by atoms with van der Waals surface area (Å²) in [5.74, 6) is 0. The highest BCUT2D eigenvalue weighted by molar-refractivity contribution is 6.07. The Morgan fingerprint density at radius 2 is 0.913 bits per heavy atom. The summed E-state index contributed by atoms with van der Waals surface area (Å²) in [4.78, 5) is 2.29. The third-order valence-corrected chi connectivity index (χ3v) is 9.76. The molecule has 1 aliphatic rings. The Balaban J connectivity index is 1.13. The van der Waals surface area contributed by atoms with E-state index < -0.39 is 0 Å². The zero-order valence-electron chi connectivity index (χ0n) is 25.5. The van der Waals surface area contributed by atoms with Crippen molar-refractivity contribution in [2.75, 3.05) is 4.90 Å². The quantitative estimate of drug-likeness (QED) is 0.199. The first-order chi connectivity index (χ1) is 22.7. The third kappa shape index (κ3) is 4.04. The lowest BCUT2D eigenvalue weighted by Gasteiger charge is -2.28. The summed E-state index contributed by atoms with van der Waals surface area (Å²) in [5.41, 5.74) is 13.9. The average molecular weight is 590 g/mol. The highest BCUT2D eigenvalue weighted by Crippen LogP contribution is 2.52. The van der Waals surface area contributed by atoms with E-state index in [1.165, 1.54) is 38.9 Å². The normalized spacial score (nSPS) is 13.1. The molecule has 0 unspecified atom stereocenters. The van der Waals surface area contributed by atoms with Gasteiger partial charge in [0.1, 0.15) is 11.2 Å². The second-order valence-corrected chi connectivity index (χ2v) is 12.3. The van der Waals surface area contributed by atoms with Gasteiger partial charge in [0.05, 0.1) is 0 Å². The maximum atomic E-state index is 6.37. The first-order valence-electron chi connectivity index (χ1n) is 15.9. The van der Waals surface area contributed by atoms with Crippen molar-refractivity contribution in [3.63, 3.8) is 0 Å². The van der Waals surface area contributed by atoms with Gasteiger partial charge in [-0.2, -0.15) is 0 Å². The highest BCUT2D eigenvalue weighted by atomic mass is 16.3. The van der Waals surface area contributed by atoms with Gasteiger partial charge >= 0.3 is 0 Å². The van der Waals surface area contributed by atoms with Crippen LogP contribution >= 0.6 is 0 Å². The maximum Gasteiger partial charge on any atom is 0.135 e. The van der Waals surface area contributed by atoms with Crippen molar-refractivity contribution in [1.82, 2.24) is 0 Å². The number of hydrogen-bond donors (Lipinski definition) is 0. The molecule has 7 aromatic carbocycles. The Hall–Kier alpha value is -5.86. The number of benzene rings is 7. The number of nitrogens with zero attached hydrogens (tertiary/aromatic N) is 1. The molecule has 46 heavy (non-hydrogen) atoms. The average Bonchev–Trinajstić information content (AvgIpc) is 3.62. The Morgan fingerprint density at radius 1 is 0.435 bits per heavy atom. The number of hydrogen-bond acceptors (Lipinski definition) is 2. The van der Waals surface area contributed by atoms with Crippen LogP contribution in [0.3, 0.4) is 0 Å². The van der Waals surface area contributed by atoms with Crippen LogP contribution < -0.4 is 4.90 Å². The largest absolute Gasteiger partial charge is 0.456 e. The van der Waals surface area contributed by atoms with Crippen molar-refractivity contribution in [2.45, 2.75) is 12.3 Å². The molecule has 0 bridgehead atoms. The Kier molecular flexibility index (Phi) is 5.97. The SMILES string of the molecule is CC1(c2ccc3oc4ccc(-c5ccc(N(c6ccccc6)c6ccccc6)cc5)cc4c3c2)c2ccccc2-c2ccccc21. The van der Waals surface area contributed by atoms with Gasteiger partial charge in [0, 0.05) is 33.2 Å². The fourth-order valence-corrected chi connectivity index (χ4v) is 7.44. The van der Waals surface area contributed by atoms with Gasteiger partial charge in [-0.15, -0.1) is 0 Å². The standard InChI is InChI=1S/C44H31NO/c1-44(40-18-10-8-16-36(40)37-17-9-11-19-41(37)44)32-23-27-43-39(29-32)38-28-31(22-26-42(38)46-43)30-20-24-35(25-21-30)45(33-12-4-2-5-13-33)34-14-6-3-7-15-34/h2-29H,1H3. The van der Waals surface area contributed by atoms with Crippen molar-refractivity contribution >= 4 is 39.0 Å². The molecule has 9 rings (SSSR count). The summed E-state index contributed by atoms with van der Waals surface area (Å²) in [6.45, 7) is 2.36. The molecule has 1 heterocycles. The predicted octanol–water partition coefficient (Wildman–Crippen LogP) is 12.1.